The van der Waals surface area contributed by atoms with E-state index in [1.165, 1.54) is 86.0 Å². The van der Waals surface area contributed by atoms with E-state index in [4.69, 9.17) is 9.47 Å². The molecule has 0 aliphatic rings. The molecule has 4 heteroatoms. The highest BCUT2D eigenvalue weighted by Gasteiger charge is 2.27. The van der Waals surface area contributed by atoms with Crippen molar-refractivity contribution >= 4 is 90.8 Å². The molecule has 0 atom stereocenters. The van der Waals surface area contributed by atoms with Crippen molar-refractivity contribution < 1.29 is 9.47 Å². The number of ether oxygens (including phenoxy) is 2. The predicted molar refractivity (Wildman–Crippen MR) is 307 cm³/mol. The lowest BCUT2D eigenvalue weighted by atomic mass is 9.93. The van der Waals surface area contributed by atoms with Gasteiger partial charge in [-0.3, -0.25) is 0 Å². The van der Waals surface area contributed by atoms with Gasteiger partial charge in [0.1, 0.15) is 11.5 Å². The van der Waals surface area contributed by atoms with Gasteiger partial charge in [0.2, 0.25) is 0 Å². The minimum atomic E-state index is -0.930. The van der Waals surface area contributed by atoms with Gasteiger partial charge in [0, 0.05) is 28.7 Å². The Labute approximate surface area is 418 Å². The number of hydrogen-bond donors (Lipinski definition) is 0. The second-order valence-corrected chi connectivity index (χ2v) is 22.1. The number of fused-ring (bicyclic) bond motifs is 4. The summed E-state index contributed by atoms with van der Waals surface area (Å²) >= 11 is 0. The SMILES string of the molecule is c1ccc(P(c2ccccc2)c2ccc3ccccc3c2-c2c(OCCCOc3ccc4ccccc4c3-c3c(P(c4ccccc4)c4ccccc4)ccc4ccccc34)ccc3ccccc23)cc1. The number of hydrogen-bond acceptors (Lipinski definition) is 2. The molecule has 0 spiro atoms. The van der Waals surface area contributed by atoms with E-state index in [-0.39, 0.29) is 0 Å². The van der Waals surface area contributed by atoms with Gasteiger partial charge in [-0.2, -0.15) is 0 Å². The van der Waals surface area contributed by atoms with Gasteiger partial charge in [-0.25, -0.2) is 0 Å². The van der Waals surface area contributed by atoms with Crippen molar-refractivity contribution in [3.63, 3.8) is 0 Å². The van der Waals surface area contributed by atoms with Gasteiger partial charge in [0.25, 0.3) is 0 Å². The van der Waals surface area contributed by atoms with Crippen LogP contribution in [0.5, 0.6) is 11.5 Å². The van der Waals surface area contributed by atoms with Crippen molar-refractivity contribution in [3.8, 4) is 33.8 Å². The lowest BCUT2D eigenvalue weighted by Crippen LogP contribution is -2.22. The molecule has 0 heterocycles. The van der Waals surface area contributed by atoms with Crippen LogP contribution in [0.15, 0.2) is 267 Å². The molecule has 0 radical (unpaired) electrons. The van der Waals surface area contributed by atoms with Crippen LogP contribution < -0.4 is 41.3 Å². The van der Waals surface area contributed by atoms with Gasteiger partial charge >= 0.3 is 0 Å². The van der Waals surface area contributed by atoms with Crippen molar-refractivity contribution in [3.05, 3.63) is 267 Å². The van der Waals surface area contributed by atoms with E-state index in [0.717, 1.165) is 22.6 Å². The summed E-state index contributed by atoms with van der Waals surface area (Å²) in [6.07, 6.45) is 0.685. The van der Waals surface area contributed by atoms with Crippen molar-refractivity contribution in [1.29, 1.82) is 0 Å². The van der Waals surface area contributed by atoms with Crippen LogP contribution in [0.2, 0.25) is 0 Å². The molecule has 0 saturated carbocycles. The Bertz CT molecular complexity index is 3470. The first-order valence-electron chi connectivity index (χ1n) is 24.4. The Kier molecular flexibility index (Phi) is 12.6. The van der Waals surface area contributed by atoms with Gasteiger partial charge < -0.3 is 9.47 Å². The van der Waals surface area contributed by atoms with Crippen molar-refractivity contribution in [2.45, 2.75) is 6.42 Å². The average molecular weight is 949 g/mol. The Morgan fingerprint density at radius 1 is 0.239 bits per heavy atom. The number of rotatable bonds is 14. The summed E-state index contributed by atoms with van der Waals surface area (Å²) in [4.78, 5) is 0. The highest BCUT2D eigenvalue weighted by atomic mass is 31.1. The Morgan fingerprint density at radius 2 is 0.507 bits per heavy atom. The normalized spacial score (nSPS) is 11.5. The minimum Gasteiger partial charge on any atom is -0.493 e. The van der Waals surface area contributed by atoms with Crippen LogP contribution in [0, 0.1) is 0 Å². The fraction of sp³-hybridized carbons (Fsp3) is 0.0448. The summed E-state index contributed by atoms with van der Waals surface area (Å²) in [5, 5.41) is 17.4. The number of benzene rings is 12. The summed E-state index contributed by atoms with van der Waals surface area (Å²) < 4.78 is 14.1. The second kappa shape index (κ2) is 20.2. The molecular weight excluding hydrogens is 899 g/mol. The zero-order valence-electron chi connectivity index (χ0n) is 39.2. The molecule has 2 nitrogen and oxygen atoms in total. The second-order valence-electron chi connectivity index (χ2n) is 17.7. The highest BCUT2D eigenvalue weighted by molar-refractivity contribution is 7.80. The smallest absolute Gasteiger partial charge is 0.127 e. The Balaban J connectivity index is 0.931. The van der Waals surface area contributed by atoms with Gasteiger partial charge in [-0.1, -0.05) is 255 Å². The maximum atomic E-state index is 7.05. The molecule has 340 valence electrons. The molecule has 0 aliphatic heterocycles. The molecule has 0 unspecified atom stereocenters. The summed E-state index contributed by atoms with van der Waals surface area (Å²) in [5.41, 5.74) is 4.71. The molecular formula is C67H50O2P2. The van der Waals surface area contributed by atoms with E-state index < -0.39 is 15.8 Å². The monoisotopic (exact) mass is 948 g/mol. The van der Waals surface area contributed by atoms with Crippen LogP contribution in [0.25, 0.3) is 65.3 Å². The average Bonchev–Trinajstić information content (AvgIpc) is 3.44. The van der Waals surface area contributed by atoms with Gasteiger partial charge in [-0.05, 0) is 103 Å². The van der Waals surface area contributed by atoms with Gasteiger partial charge in [0.05, 0.1) is 13.2 Å². The van der Waals surface area contributed by atoms with Crippen LogP contribution in [0.1, 0.15) is 6.42 Å². The first-order chi connectivity index (χ1) is 35.3. The molecule has 12 aromatic rings. The van der Waals surface area contributed by atoms with Gasteiger partial charge in [0.15, 0.2) is 0 Å². The maximum Gasteiger partial charge on any atom is 0.127 e. The van der Waals surface area contributed by atoms with Crippen LogP contribution in [0.4, 0.5) is 0 Å². The van der Waals surface area contributed by atoms with Crippen LogP contribution in [-0.4, -0.2) is 13.2 Å². The highest BCUT2D eigenvalue weighted by Crippen LogP contribution is 2.47. The molecule has 0 fully saturated rings. The van der Waals surface area contributed by atoms with E-state index in [1.54, 1.807) is 0 Å². The Morgan fingerprint density at radius 3 is 0.831 bits per heavy atom. The van der Waals surface area contributed by atoms with E-state index in [1.807, 2.05) is 0 Å². The first kappa shape index (κ1) is 44.4. The quantitative estimate of drug-likeness (QED) is 0.0799. The van der Waals surface area contributed by atoms with Crippen molar-refractivity contribution in [2.24, 2.45) is 0 Å². The fourth-order valence-corrected chi connectivity index (χ4v) is 15.2. The third kappa shape index (κ3) is 8.76. The molecule has 0 N–H and O–H groups in total. The molecule has 12 rings (SSSR count). The molecule has 71 heavy (non-hydrogen) atoms. The fourth-order valence-electron chi connectivity index (χ4n) is 10.3. The van der Waals surface area contributed by atoms with Crippen LogP contribution in [-0.2, 0) is 0 Å². The topological polar surface area (TPSA) is 18.5 Å². The van der Waals surface area contributed by atoms with E-state index in [0.29, 0.717) is 19.6 Å². The summed E-state index contributed by atoms with van der Waals surface area (Å²) in [6.45, 7) is 0.959. The molecule has 0 saturated heterocycles. The third-order valence-electron chi connectivity index (χ3n) is 13.4. The lowest BCUT2D eigenvalue weighted by molar-refractivity contribution is 0.249. The predicted octanol–water partition coefficient (Wildman–Crippen LogP) is 15.0. The maximum absolute atomic E-state index is 7.05. The zero-order valence-corrected chi connectivity index (χ0v) is 41.0. The first-order valence-corrected chi connectivity index (χ1v) is 27.1. The third-order valence-corrected chi connectivity index (χ3v) is 18.4. The summed E-state index contributed by atoms with van der Waals surface area (Å²) in [6, 6.07) is 97.2. The van der Waals surface area contributed by atoms with E-state index >= 15 is 0 Å². The standard InChI is InChI=1S/C67H50O2P2/c1-5-26-52(27-6-1)70(53-28-7-2-8-29-53)62-44-40-50-24-15-19-36-58(50)66(62)64-56-34-17-13-22-48(56)38-42-60(64)68-46-21-47-69-61-43-39-49-23-14-18-35-57(49)65(61)67-59-37-20-16-25-51(59)41-45-63(67)71(54-30-9-3-10-31-54)55-32-11-4-12-33-55/h1-20,22-45H,21,46-47H2. The molecule has 0 aromatic heterocycles. The van der Waals surface area contributed by atoms with Gasteiger partial charge in [-0.15, -0.1) is 0 Å². The largest absolute Gasteiger partial charge is 0.493 e. The Hall–Kier alpha value is -7.86. The van der Waals surface area contributed by atoms with Crippen molar-refractivity contribution in [2.75, 3.05) is 13.2 Å². The summed E-state index contributed by atoms with van der Waals surface area (Å²) in [5.74, 6) is 1.75. The van der Waals surface area contributed by atoms with E-state index in [2.05, 4.69) is 267 Å². The molecule has 0 aliphatic carbocycles. The zero-order chi connectivity index (χ0) is 47.3. The van der Waals surface area contributed by atoms with E-state index in [9.17, 15) is 0 Å². The van der Waals surface area contributed by atoms with Crippen LogP contribution >= 0.6 is 15.8 Å². The molecule has 12 aromatic carbocycles. The van der Waals surface area contributed by atoms with Crippen molar-refractivity contribution in [1.82, 2.24) is 0 Å². The summed E-state index contributed by atoms with van der Waals surface area (Å²) in [7, 11) is -1.86. The molecule has 0 amide bonds. The molecule has 0 bridgehead atoms. The lowest BCUT2D eigenvalue weighted by Gasteiger charge is -2.26. The van der Waals surface area contributed by atoms with Crippen LogP contribution in [0.3, 0.4) is 0 Å². The minimum absolute atomic E-state index is 0.479.